The number of hydrogen-bond acceptors (Lipinski definition) is 5. The summed E-state index contributed by atoms with van der Waals surface area (Å²) in [5, 5.41) is 12.0. The Labute approximate surface area is 191 Å². The van der Waals surface area contributed by atoms with E-state index in [0.29, 0.717) is 17.8 Å². The highest BCUT2D eigenvalue weighted by molar-refractivity contribution is 7.17. The zero-order chi connectivity index (χ0) is 22.1. The van der Waals surface area contributed by atoms with Crippen molar-refractivity contribution in [2.75, 3.05) is 7.05 Å². The molecule has 0 amide bonds. The molecule has 0 N–H and O–H groups in total. The zero-order valence-corrected chi connectivity index (χ0v) is 18.8. The molecule has 1 aliphatic carbocycles. The monoisotopic (exact) mass is 440 g/mol. The Morgan fingerprint density at radius 1 is 1.19 bits per heavy atom. The fourth-order valence-electron chi connectivity index (χ4n) is 4.77. The van der Waals surface area contributed by atoms with Crippen molar-refractivity contribution in [1.29, 1.82) is 5.26 Å². The number of nitriles is 1. The quantitative estimate of drug-likeness (QED) is 0.430. The molecule has 0 spiro atoms. The Morgan fingerprint density at radius 2 is 1.97 bits per heavy atom. The zero-order valence-electron chi connectivity index (χ0n) is 18.0. The molecule has 1 aliphatic rings. The van der Waals surface area contributed by atoms with Crippen molar-refractivity contribution < 1.29 is 0 Å². The molecule has 0 fully saturated rings. The third-order valence-electron chi connectivity index (χ3n) is 6.35. The maximum Gasteiger partial charge on any atom is 0.263 e. The van der Waals surface area contributed by atoms with E-state index in [2.05, 4.69) is 42.3 Å². The molecule has 2 aromatic heterocycles. The average molecular weight is 441 g/mol. The van der Waals surface area contributed by atoms with Crippen LogP contribution in [0.3, 0.4) is 0 Å². The molecule has 0 saturated heterocycles. The molecule has 0 bridgehead atoms. The smallest absolute Gasteiger partial charge is 0.263 e. The molecule has 160 valence electrons. The number of nitrogens with zero attached hydrogens (tertiary/aromatic N) is 4. The van der Waals surface area contributed by atoms with Crippen LogP contribution in [0.4, 0.5) is 0 Å². The van der Waals surface area contributed by atoms with Gasteiger partial charge >= 0.3 is 0 Å². The van der Waals surface area contributed by atoms with Gasteiger partial charge in [0.1, 0.15) is 17.2 Å². The van der Waals surface area contributed by atoms with Crippen LogP contribution in [0.1, 0.15) is 35.8 Å². The second-order valence-electron chi connectivity index (χ2n) is 8.29. The molecule has 32 heavy (non-hydrogen) atoms. The largest absolute Gasteiger partial charge is 0.292 e. The van der Waals surface area contributed by atoms with Gasteiger partial charge in [-0.1, -0.05) is 54.6 Å². The number of benzene rings is 2. The Kier molecular flexibility index (Phi) is 5.60. The molecular weight excluding hydrogens is 416 g/mol. The molecule has 0 aliphatic heterocycles. The van der Waals surface area contributed by atoms with Crippen LogP contribution in [-0.2, 0) is 19.5 Å². The van der Waals surface area contributed by atoms with Crippen LogP contribution in [0.15, 0.2) is 64.8 Å². The lowest BCUT2D eigenvalue weighted by Gasteiger charge is -2.33. The summed E-state index contributed by atoms with van der Waals surface area (Å²) in [5.74, 6) is 0.649. The average Bonchev–Trinajstić information content (AvgIpc) is 3.26. The summed E-state index contributed by atoms with van der Waals surface area (Å²) < 4.78 is 1.55. The second-order valence-corrected chi connectivity index (χ2v) is 9.15. The SMILES string of the molecule is CN(Cc1nc2scc(-c3ccccc3)c2c(=O)n1CC#N)C1CCCc2ccccc21. The van der Waals surface area contributed by atoms with Crippen molar-refractivity contribution in [1.82, 2.24) is 14.5 Å². The van der Waals surface area contributed by atoms with E-state index in [0.717, 1.165) is 35.2 Å². The van der Waals surface area contributed by atoms with Crippen molar-refractivity contribution >= 4 is 21.6 Å². The first kappa shape index (κ1) is 20.6. The van der Waals surface area contributed by atoms with Crippen LogP contribution in [0.5, 0.6) is 0 Å². The van der Waals surface area contributed by atoms with Crippen LogP contribution < -0.4 is 5.56 Å². The first-order valence-corrected chi connectivity index (χ1v) is 11.8. The highest BCUT2D eigenvalue weighted by Gasteiger charge is 2.25. The number of aromatic nitrogens is 2. The lowest BCUT2D eigenvalue weighted by molar-refractivity contribution is 0.205. The van der Waals surface area contributed by atoms with Crippen LogP contribution in [0.2, 0.25) is 0 Å². The summed E-state index contributed by atoms with van der Waals surface area (Å²) in [7, 11) is 2.09. The van der Waals surface area contributed by atoms with Gasteiger partial charge in [-0.15, -0.1) is 11.3 Å². The number of aryl methyl sites for hydroxylation is 1. The van der Waals surface area contributed by atoms with Gasteiger partial charge in [-0.25, -0.2) is 4.98 Å². The minimum atomic E-state index is -0.135. The molecule has 5 rings (SSSR count). The second kappa shape index (κ2) is 8.70. The first-order chi connectivity index (χ1) is 15.7. The van der Waals surface area contributed by atoms with E-state index < -0.39 is 0 Å². The first-order valence-electron chi connectivity index (χ1n) is 10.9. The predicted octanol–water partition coefficient (Wildman–Crippen LogP) is 5.16. The van der Waals surface area contributed by atoms with Gasteiger partial charge in [0.05, 0.1) is 18.0 Å². The fourth-order valence-corrected chi connectivity index (χ4v) is 5.73. The standard InChI is InChI=1S/C26H24N4OS/c1-29(22-13-7-11-18-10-5-6-12-20(18)22)16-23-28-25-24(26(31)30(23)15-14-27)21(17-32-25)19-8-3-2-4-9-19/h2-6,8-10,12,17,22H,7,11,13,15-16H2,1H3. The fraction of sp³-hybridized carbons (Fsp3) is 0.269. The Balaban J connectivity index is 1.56. The topological polar surface area (TPSA) is 61.9 Å². The third-order valence-corrected chi connectivity index (χ3v) is 7.22. The highest BCUT2D eigenvalue weighted by Crippen LogP contribution is 2.35. The van der Waals surface area contributed by atoms with E-state index in [1.165, 1.54) is 22.5 Å². The maximum absolute atomic E-state index is 13.5. The maximum atomic E-state index is 13.5. The van der Waals surface area contributed by atoms with Gasteiger partial charge in [0, 0.05) is 17.0 Å². The molecule has 0 saturated carbocycles. The Morgan fingerprint density at radius 3 is 2.78 bits per heavy atom. The normalized spacial score (nSPS) is 15.6. The molecule has 4 aromatic rings. The van der Waals surface area contributed by atoms with E-state index in [4.69, 9.17) is 4.98 Å². The minimum Gasteiger partial charge on any atom is -0.292 e. The van der Waals surface area contributed by atoms with Crippen LogP contribution in [0.25, 0.3) is 21.3 Å². The van der Waals surface area contributed by atoms with E-state index >= 15 is 0 Å². The van der Waals surface area contributed by atoms with Gasteiger partial charge in [-0.3, -0.25) is 14.3 Å². The van der Waals surface area contributed by atoms with E-state index in [9.17, 15) is 10.1 Å². The van der Waals surface area contributed by atoms with Crippen LogP contribution in [0, 0.1) is 11.3 Å². The van der Waals surface area contributed by atoms with Crippen molar-refractivity contribution in [2.24, 2.45) is 0 Å². The summed E-state index contributed by atoms with van der Waals surface area (Å²) >= 11 is 1.49. The summed E-state index contributed by atoms with van der Waals surface area (Å²) in [4.78, 5) is 21.4. The van der Waals surface area contributed by atoms with Crippen molar-refractivity contribution in [3.05, 3.63) is 87.3 Å². The van der Waals surface area contributed by atoms with Crippen molar-refractivity contribution in [3.63, 3.8) is 0 Å². The van der Waals surface area contributed by atoms with Gasteiger partial charge in [0.25, 0.3) is 5.56 Å². The summed E-state index contributed by atoms with van der Waals surface area (Å²) in [6.07, 6.45) is 3.34. The van der Waals surface area contributed by atoms with E-state index in [-0.39, 0.29) is 18.1 Å². The molecule has 0 radical (unpaired) electrons. The van der Waals surface area contributed by atoms with E-state index in [1.807, 2.05) is 35.7 Å². The summed E-state index contributed by atoms with van der Waals surface area (Å²) in [6.45, 7) is 0.515. The molecule has 2 heterocycles. The predicted molar refractivity (Wildman–Crippen MR) is 129 cm³/mol. The summed E-state index contributed by atoms with van der Waals surface area (Å²) in [6, 6.07) is 20.9. The van der Waals surface area contributed by atoms with E-state index in [1.54, 1.807) is 4.57 Å². The van der Waals surface area contributed by atoms with Gasteiger partial charge < -0.3 is 0 Å². The van der Waals surface area contributed by atoms with Gasteiger partial charge in [0.15, 0.2) is 0 Å². The molecule has 2 aromatic carbocycles. The van der Waals surface area contributed by atoms with Crippen LogP contribution in [-0.4, -0.2) is 21.5 Å². The molecule has 1 atom stereocenters. The van der Waals surface area contributed by atoms with Gasteiger partial charge in [0.2, 0.25) is 0 Å². The van der Waals surface area contributed by atoms with Gasteiger partial charge in [-0.05, 0) is 43.0 Å². The molecule has 1 unspecified atom stereocenters. The Bertz CT molecular complexity index is 1370. The van der Waals surface area contributed by atoms with Crippen molar-refractivity contribution in [2.45, 2.75) is 38.4 Å². The Hall–Kier alpha value is -3.27. The summed E-state index contributed by atoms with van der Waals surface area (Å²) in [5.41, 5.74) is 4.50. The van der Waals surface area contributed by atoms with Gasteiger partial charge in [-0.2, -0.15) is 5.26 Å². The minimum absolute atomic E-state index is 0.00369. The van der Waals surface area contributed by atoms with Crippen molar-refractivity contribution in [3.8, 4) is 17.2 Å². The molecule has 6 heteroatoms. The number of fused-ring (bicyclic) bond motifs is 2. The highest BCUT2D eigenvalue weighted by atomic mass is 32.1. The molecular formula is C26H24N4OS. The lowest BCUT2D eigenvalue weighted by Crippen LogP contribution is -2.32. The third kappa shape index (κ3) is 3.64. The lowest BCUT2D eigenvalue weighted by atomic mass is 9.87. The van der Waals surface area contributed by atoms with Crippen LogP contribution >= 0.6 is 11.3 Å². The number of hydrogen-bond donors (Lipinski definition) is 0. The number of thiophene rings is 1. The molecule has 5 nitrogen and oxygen atoms in total. The number of rotatable bonds is 5.